The molecule has 2 nitrogen and oxygen atoms in total. The topological polar surface area (TPSA) is 21.6 Å². The fourth-order valence-electron chi connectivity index (χ4n) is 1.28. The summed E-state index contributed by atoms with van der Waals surface area (Å²) in [5.74, 6) is 0.763. The third-order valence-corrected chi connectivity index (χ3v) is 3.67. The van der Waals surface area contributed by atoms with Gasteiger partial charge < -0.3 is 4.74 Å². The van der Waals surface area contributed by atoms with Crippen LogP contribution in [0.4, 0.5) is 0 Å². The van der Waals surface area contributed by atoms with Crippen molar-refractivity contribution in [2.45, 2.75) is 6.10 Å². The maximum Gasteiger partial charge on any atom is 0.217 e. The molecule has 0 bridgehead atoms. The third-order valence-electron chi connectivity index (χ3n) is 1.99. The number of ether oxygens (including phenoxy) is 1. The summed E-state index contributed by atoms with van der Waals surface area (Å²) in [6.45, 7) is 0.777. The van der Waals surface area contributed by atoms with Gasteiger partial charge in [-0.25, -0.2) is 4.99 Å². The van der Waals surface area contributed by atoms with Gasteiger partial charge in [-0.05, 0) is 28.1 Å². The highest BCUT2D eigenvalue weighted by molar-refractivity contribution is 14.1. The molecule has 0 aliphatic carbocycles. The van der Waals surface area contributed by atoms with Crippen LogP contribution in [-0.4, -0.2) is 23.0 Å². The van der Waals surface area contributed by atoms with Crippen LogP contribution in [0.2, 0.25) is 0 Å². The Morgan fingerprint density at radius 2 is 2.29 bits per heavy atom. The van der Waals surface area contributed by atoms with Crippen molar-refractivity contribution < 1.29 is 4.74 Å². The molecular weight excluding hydrogens is 357 g/mol. The molecule has 1 aliphatic heterocycles. The Bertz CT molecular complexity index is 367. The van der Waals surface area contributed by atoms with Crippen LogP contribution in [0.5, 0.6) is 0 Å². The van der Waals surface area contributed by atoms with Crippen LogP contribution in [0.1, 0.15) is 5.56 Å². The Kier molecular flexibility index (Phi) is 3.43. The average Bonchev–Trinajstić information content (AvgIpc) is 2.67. The molecule has 0 N–H and O–H groups in total. The molecule has 0 aromatic heterocycles. The molecule has 0 saturated heterocycles. The van der Waals surface area contributed by atoms with E-state index in [1.807, 2.05) is 24.3 Å². The predicted molar refractivity (Wildman–Crippen MR) is 69.3 cm³/mol. The summed E-state index contributed by atoms with van der Waals surface area (Å²) in [4.78, 5) is 4.38. The molecule has 0 saturated carbocycles. The van der Waals surface area contributed by atoms with Gasteiger partial charge in [0, 0.05) is 8.90 Å². The van der Waals surface area contributed by atoms with Gasteiger partial charge in [0.2, 0.25) is 5.90 Å². The minimum Gasteiger partial charge on any atom is -0.471 e. The van der Waals surface area contributed by atoms with Crippen LogP contribution in [0, 0.1) is 0 Å². The van der Waals surface area contributed by atoms with Crippen molar-refractivity contribution in [1.29, 1.82) is 0 Å². The van der Waals surface area contributed by atoms with Crippen molar-refractivity contribution >= 4 is 44.4 Å². The van der Waals surface area contributed by atoms with E-state index < -0.39 is 0 Å². The first-order valence-corrected chi connectivity index (χ1v) is 6.65. The van der Waals surface area contributed by atoms with Gasteiger partial charge >= 0.3 is 0 Å². The molecule has 0 amide bonds. The predicted octanol–water partition coefficient (Wildman–Crippen LogP) is 3.03. The van der Waals surface area contributed by atoms with Gasteiger partial charge in [-0.1, -0.05) is 34.7 Å². The van der Waals surface area contributed by atoms with Crippen LogP contribution >= 0.6 is 38.5 Å². The number of alkyl halides is 1. The minimum absolute atomic E-state index is 0.248. The van der Waals surface area contributed by atoms with E-state index in [-0.39, 0.29) is 6.10 Å². The molecule has 14 heavy (non-hydrogen) atoms. The van der Waals surface area contributed by atoms with Gasteiger partial charge in [0.15, 0.2) is 0 Å². The zero-order valence-electron chi connectivity index (χ0n) is 7.41. The lowest BCUT2D eigenvalue weighted by Gasteiger charge is -2.08. The minimum atomic E-state index is 0.248. The smallest absolute Gasteiger partial charge is 0.217 e. The van der Waals surface area contributed by atoms with E-state index in [1.54, 1.807) is 0 Å². The molecule has 2 rings (SSSR count). The van der Waals surface area contributed by atoms with Gasteiger partial charge in [-0.2, -0.15) is 0 Å². The Balaban J connectivity index is 2.22. The summed E-state index contributed by atoms with van der Waals surface area (Å²) in [6.07, 6.45) is 0.248. The van der Waals surface area contributed by atoms with Crippen LogP contribution < -0.4 is 0 Å². The van der Waals surface area contributed by atoms with Gasteiger partial charge in [-0.3, -0.25) is 0 Å². The third kappa shape index (κ3) is 2.11. The van der Waals surface area contributed by atoms with E-state index in [9.17, 15) is 0 Å². The van der Waals surface area contributed by atoms with E-state index in [4.69, 9.17) is 4.74 Å². The molecular formula is C10H9BrINO. The van der Waals surface area contributed by atoms with Crippen molar-refractivity contribution in [2.75, 3.05) is 11.0 Å². The molecule has 1 aliphatic rings. The fraction of sp³-hybridized carbons (Fsp3) is 0.300. The molecule has 4 heteroatoms. The van der Waals surface area contributed by atoms with Crippen molar-refractivity contribution in [3.63, 3.8) is 0 Å². The number of rotatable bonds is 2. The van der Waals surface area contributed by atoms with Gasteiger partial charge in [0.25, 0.3) is 0 Å². The van der Waals surface area contributed by atoms with Gasteiger partial charge in [-0.15, -0.1) is 0 Å². The van der Waals surface area contributed by atoms with Crippen molar-refractivity contribution in [1.82, 2.24) is 0 Å². The first-order valence-electron chi connectivity index (χ1n) is 4.33. The normalized spacial score (nSPS) is 20.4. The second kappa shape index (κ2) is 4.61. The summed E-state index contributed by atoms with van der Waals surface area (Å²) in [7, 11) is 0. The highest BCUT2D eigenvalue weighted by Crippen LogP contribution is 2.21. The lowest BCUT2D eigenvalue weighted by molar-refractivity contribution is 0.254. The molecule has 1 aromatic rings. The second-order valence-corrected chi connectivity index (χ2v) is 4.75. The van der Waals surface area contributed by atoms with E-state index in [0.717, 1.165) is 26.9 Å². The number of hydrogen-bond acceptors (Lipinski definition) is 2. The highest BCUT2D eigenvalue weighted by atomic mass is 127. The van der Waals surface area contributed by atoms with Crippen LogP contribution in [0.25, 0.3) is 0 Å². The van der Waals surface area contributed by atoms with Crippen LogP contribution in [0.15, 0.2) is 33.7 Å². The van der Waals surface area contributed by atoms with E-state index in [2.05, 4.69) is 43.5 Å². The number of benzene rings is 1. The second-order valence-electron chi connectivity index (χ2n) is 3.02. The molecule has 1 heterocycles. The summed E-state index contributed by atoms with van der Waals surface area (Å²) < 4.78 is 7.71. The lowest BCUT2D eigenvalue weighted by atomic mass is 10.2. The molecule has 1 aromatic carbocycles. The average molecular weight is 366 g/mol. The van der Waals surface area contributed by atoms with Crippen molar-refractivity contribution in [3.8, 4) is 0 Å². The Morgan fingerprint density at radius 3 is 2.93 bits per heavy atom. The molecule has 0 radical (unpaired) electrons. The number of nitrogens with zero attached hydrogens (tertiary/aromatic N) is 1. The maximum absolute atomic E-state index is 5.69. The molecule has 1 unspecified atom stereocenters. The summed E-state index contributed by atoms with van der Waals surface area (Å²) >= 11 is 5.80. The summed E-state index contributed by atoms with van der Waals surface area (Å²) in [6, 6.07) is 7.99. The van der Waals surface area contributed by atoms with Crippen LogP contribution in [-0.2, 0) is 4.74 Å². The number of aliphatic imine (C=N–C) groups is 1. The fourth-order valence-corrected chi connectivity index (χ4v) is 2.19. The van der Waals surface area contributed by atoms with Crippen molar-refractivity contribution in [2.24, 2.45) is 4.99 Å². The van der Waals surface area contributed by atoms with Gasteiger partial charge in [0.1, 0.15) is 6.10 Å². The zero-order chi connectivity index (χ0) is 9.97. The summed E-state index contributed by atoms with van der Waals surface area (Å²) in [5, 5.41) is 0. The Morgan fingerprint density at radius 1 is 1.50 bits per heavy atom. The molecule has 0 spiro atoms. The summed E-state index contributed by atoms with van der Waals surface area (Å²) in [5.41, 5.74) is 1.04. The Labute approximate surface area is 105 Å². The van der Waals surface area contributed by atoms with E-state index in [0.29, 0.717) is 0 Å². The van der Waals surface area contributed by atoms with Gasteiger partial charge in [0.05, 0.1) is 12.1 Å². The molecule has 1 atom stereocenters. The first kappa shape index (κ1) is 10.4. The van der Waals surface area contributed by atoms with E-state index >= 15 is 0 Å². The Hall–Kier alpha value is -0.100. The number of hydrogen-bond donors (Lipinski definition) is 0. The van der Waals surface area contributed by atoms with E-state index in [1.165, 1.54) is 0 Å². The number of halogens is 2. The lowest BCUT2D eigenvalue weighted by Crippen LogP contribution is -2.14. The SMILES string of the molecule is Brc1ccccc1C1=NCC(CI)O1. The maximum atomic E-state index is 5.69. The molecule has 0 fully saturated rings. The van der Waals surface area contributed by atoms with Crippen LogP contribution in [0.3, 0.4) is 0 Å². The van der Waals surface area contributed by atoms with Crippen molar-refractivity contribution in [3.05, 3.63) is 34.3 Å². The first-order chi connectivity index (χ1) is 6.81. The monoisotopic (exact) mass is 365 g/mol. The zero-order valence-corrected chi connectivity index (χ0v) is 11.2. The highest BCUT2D eigenvalue weighted by Gasteiger charge is 2.20. The largest absolute Gasteiger partial charge is 0.471 e. The standard InChI is InChI=1S/C10H9BrINO/c11-9-4-2-1-3-8(9)10-13-6-7(5-12)14-10/h1-4,7H,5-6H2. The molecule has 74 valence electrons. The quantitative estimate of drug-likeness (QED) is 0.583.